The first-order valence-electron chi connectivity index (χ1n) is 7.20. The molecule has 0 aromatic carbocycles. The van der Waals surface area contributed by atoms with E-state index < -0.39 is 0 Å². The summed E-state index contributed by atoms with van der Waals surface area (Å²) < 4.78 is 5.61. The lowest BCUT2D eigenvalue weighted by Crippen LogP contribution is -2.39. The summed E-state index contributed by atoms with van der Waals surface area (Å²) in [5, 5.41) is 6.91. The van der Waals surface area contributed by atoms with E-state index in [1.807, 2.05) is 0 Å². The maximum atomic E-state index is 5.61. The number of ether oxygens (including phenoxy) is 1. The summed E-state index contributed by atoms with van der Waals surface area (Å²) in [6.45, 7) is 8.48. The fourth-order valence-corrected chi connectivity index (χ4v) is 3.61. The minimum absolute atomic E-state index is 0.151. The second-order valence-electron chi connectivity index (χ2n) is 6.45. The third kappa shape index (κ3) is 4.01. The predicted octanol–water partition coefficient (Wildman–Crippen LogP) is 3.00. The molecular formula is C15H26N2OS. The molecule has 0 aliphatic carbocycles. The van der Waals surface area contributed by atoms with E-state index in [0.29, 0.717) is 12.0 Å². The number of aromatic nitrogens is 1. The minimum atomic E-state index is 0.151. The van der Waals surface area contributed by atoms with Gasteiger partial charge in [0.15, 0.2) is 0 Å². The fourth-order valence-electron chi connectivity index (χ4n) is 2.52. The van der Waals surface area contributed by atoms with Gasteiger partial charge in [-0.25, -0.2) is 4.98 Å². The van der Waals surface area contributed by atoms with E-state index >= 15 is 0 Å². The first-order valence-corrected chi connectivity index (χ1v) is 8.08. The number of thiazole rings is 1. The Kier molecular flexibility index (Phi) is 4.98. The van der Waals surface area contributed by atoms with Crippen molar-refractivity contribution >= 4 is 11.3 Å². The van der Waals surface area contributed by atoms with E-state index in [1.54, 1.807) is 11.3 Å². The van der Waals surface area contributed by atoms with Crippen LogP contribution in [0.15, 0.2) is 5.38 Å². The summed E-state index contributed by atoms with van der Waals surface area (Å²) in [7, 11) is 2.05. The van der Waals surface area contributed by atoms with Crippen LogP contribution in [0.3, 0.4) is 0 Å². The molecule has 19 heavy (non-hydrogen) atoms. The van der Waals surface area contributed by atoms with Crippen molar-refractivity contribution in [2.24, 2.45) is 5.92 Å². The van der Waals surface area contributed by atoms with E-state index in [4.69, 9.17) is 9.72 Å². The first kappa shape index (κ1) is 14.9. The lowest BCUT2D eigenvalue weighted by molar-refractivity contribution is 0.0405. The highest BCUT2D eigenvalue weighted by Gasteiger charge is 2.25. The van der Waals surface area contributed by atoms with E-state index in [-0.39, 0.29) is 5.41 Å². The number of nitrogens with zero attached hydrogens (tertiary/aromatic N) is 1. The molecule has 1 aliphatic rings. The summed E-state index contributed by atoms with van der Waals surface area (Å²) in [6.07, 6.45) is 3.47. The molecule has 1 fully saturated rings. The maximum absolute atomic E-state index is 5.61. The van der Waals surface area contributed by atoms with Gasteiger partial charge >= 0.3 is 0 Å². The van der Waals surface area contributed by atoms with Gasteiger partial charge in [-0.05, 0) is 25.8 Å². The van der Waals surface area contributed by atoms with Gasteiger partial charge in [0, 0.05) is 29.9 Å². The van der Waals surface area contributed by atoms with Gasteiger partial charge in [-0.15, -0.1) is 11.3 Å². The van der Waals surface area contributed by atoms with E-state index in [1.165, 1.54) is 23.5 Å². The number of hydrogen-bond acceptors (Lipinski definition) is 4. The Balaban J connectivity index is 1.99. The van der Waals surface area contributed by atoms with E-state index in [0.717, 1.165) is 19.6 Å². The van der Waals surface area contributed by atoms with Crippen LogP contribution in [0, 0.1) is 5.92 Å². The van der Waals surface area contributed by atoms with E-state index in [2.05, 4.69) is 38.5 Å². The van der Waals surface area contributed by atoms with Crippen LogP contribution in [0.5, 0.6) is 0 Å². The van der Waals surface area contributed by atoms with Crippen LogP contribution in [-0.4, -0.2) is 31.3 Å². The molecule has 1 N–H and O–H groups in total. The summed E-state index contributed by atoms with van der Waals surface area (Å²) in [4.78, 5) is 4.80. The quantitative estimate of drug-likeness (QED) is 0.922. The number of nitrogens with one attached hydrogen (secondary N) is 1. The molecule has 0 bridgehead atoms. The van der Waals surface area contributed by atoms with Crippen LogP contribution >= 0.6 is 11.3 Å². The zero-order valence-corrected chi connectivity index (χ0v) is 13.3. The highest BCUT2D eigenvalue weighted by Crippen LogP contribution is 2.26. The van der Waals surface area contributed by atoms with E-state index in [9.17, 15) is 0 Å². The van der Waals surface area contributed by atoms with Crippen molar-refractivity contribution in [2.45, 2.75) is 51.5 Å². The molecule has 0 saturated carbocycles. The highest BCUT2D eigenvalue weighted by atomic mass is 32.1. The second-order valence-corrected chi connectivity index (χ2v) is 7.40. The predicted molar refractivity (Wildman–Crippen MR) is 80.9 cm³/mol. The topological polar surface area (TPSA) is 34.2 Å². The van der Waals surface area contributed by atoms with Crippen molar-refractivity contribution < 1.29 is 4.74 Å². The van der Waals surface area contributed by atoms with Gasteiger partial charge in [0.2, 0.25) is 0 Å². The monoisotopic (exact) mass is 282 g/mol. The molecule has 0 spiro atoms. The Hall–Kier alpha value is -0.450. The minimum Gasteiger partial charge on any atom is -0.381 e. The van der Waals surface area contributed by atoms with Gasteiger partial charge in [0.05, 0.1) is 17.3 Å². The number of likely N-dealkylation sites (N-methyl/N-ethyl adjacent to an activating group) is 1. The average molecular weight is 282 g/mol. The SMILES string of the molecule is CNC(Cc1nc(C(C)(C)C)cs1)C1CCCOC1. The molecule has 1 aromatic rings. The van der Waals surface area contributed by atoms with Crippen molar-refractivity contribution in [3.8, 4) is 0 Å². The van der Waals surface area contributed by atoms with Gasteiger partial charge in [0.1, 0.15) is 0 Å². The van der Waals surface area contributed by atoms with Crippen molar-refractivity contribution in [1.82, 2.24) is 10.3 Å². The second kappa shape index (κ2) is 6.33. The third-order valence-electron chi connectivity index (χ3n) is 3.85. The Bertz CT molecular complexity index is 391. The summed E-state index contributed by atoms with van der Waals surface area (Å²) >= 11 is 1.79. The lowest BCUT2D eigenvalue weighted by Gasteiger charge is -2.29. The third-order valence-corrected chi connectivity index (χ3v) is 4.72. The van der Waals surface area contributed by atoms with Crippen molar-refractivity contribution in [1.29, 1.82) is 0 Å². The molecule has 3 nitrogen and oxygen atoms in total. The summed E-state index contributed by atoms with van der Waals surface area (Å²) in [5.74, 6) is 0.626. The summed E-state index contributed by atoms with van der Waals surface area (Å²) in [5.41, 5.74) is 1.36. The smallest absolute Gasteiger partial charge is 0.0944 e. The zero-order valence-electron chi connectivity index (χ0n) is 12.5. The Morgan fingerprint density at radius 1 is 1.53 bits per heavy atom. The number of hydrogen-bond donors (Lipinski definition) is 1. The molecule has 4 heteroatoms. The molecule has 2 heterocycles. The van der Waals surface area contributed by atoms with Crippen molar-refractivity contribution in [3.05, 3.63) is 16.1 Å². The van der Waals surface area contributed by atoms with Crippen molar-refractivity contribution in [3.63, 3.8) is 0 Å². The van der Waals surface area contributed by atoms with Crippen molar-refractivity contribution in [2.75, 3.05) is 20.3 Å². The molecule has 1 aromatic heterocycles. The molecule has 2 unspecified atom stereocenters. The maximum Gasteiger partial charge on any atom is 0.0944 e. The Labute approximate surface area is 120 Å². The van der Waals surface area contributed by atoms with Gasteiger partial charge in [-0.2, -0.15) is 0 Å². The molecule has 1 aliphatic heterocycles. The van der Waals surface area contributed by atoms with Gasteiger partial charge in [-0.3, -0.25) is 0 Å². The van der Waals surface area contributed by atoms with Crippen LogP contribution in [0.4, 0.5) is 0 Å². The molecule has 2 atom stereocenters. The highest BCUT2D eigenvalue weighted by molar-refractivity contribution is 7.09. The first-order chi connectivity index (χ1) is 9.00. The molecule has 1 saturated heterocycles. The zero-order chi connectivity index (χ0) is 13.9. The summed E-state index contributed by atoms with van der Waals surface area (Å²) in [6, 6.07) is 0.485. The molecule has 2 rings (SSSR count). The Morgan fingerprint density at radius 2 is 2.32 bits per heavy atom. The normalized spacial score (nSPS) is 22.4. The van der Waals surface area contributed by atoms with Crippen LogP contribution in [-0.2, 0) is 16.6 Å². The van der Waals surface area contributed by atoms with Crippen LogP contribution in [0.25, 0.3) is 0 Å². The van der Waals surface area contributed by atoms with Crippen LogP contribution in [0.1, 0.15) is 44.3 Å². The van der Waals surface area contributed by atoms with Crippen LogP contribution in [0.2, 0.25) is 0 Å². The van der Waals surface area contributed by atoms with Crippen LogP contribution < -0.4 is 5.32 Å². The molecule has 0 radical (unpaired) electrons. The van der Waals surface area contributed by atoms with Gasteiger partial charge in [-0.1, -0.05) is 20.8 Å². The van der Waals surface area contributed by atoms with Gasteiger partial charge < -0.3 is 10.1 Å². The molecule has 0 amide bonds. The van der Waals surface area contributed by atoms with Gasteiger partial charge in [0.25, 0.3) is 0 Å². The Morgan fingerprint density at radius 3 is 2.84 bits per heavy atom. The largest absolute Gasteiger partial charge is 0.381 e. The standard InChI is InChI=1S/C15H26N2OS/c1-15(2,3)13-10-19-14(17-13)8-12(16-4)11-6-5-7-18-9-11/h10-12,16H,5-9H2,1-4H3. The fraction of sp³-hybridized carbons (Fsp3) is 0.800. The molecular weight excluding hydrogens is 256 g/mol. The number of rotatable bonds is 4. The lowest BCUT2D eigenvalue weighted by atomic mass is 9.91. The average Bonchev–Trinajstić information content (AvgIpc) is 2.85. The molecule has 108 valence electrons.